The highest BCUT2D eigenvalue weighted by atomic mass is 14.2. The smallest absolute Gasteiger partial charge is 0.0318 e. The zero-order valence-electron chi connectivity index (χ0n) is 14.4. The van der Waals surface area contributed by atoms with E-state index in [4.69, 9.17) is 0 Å². The fraction of sp³-hybridized carbons (Fsp3) is 0.905. The average Bonchev–Trinajstić information content (AvgIpc) is 2.54. The highest BCUT2D eigenvalue weighted by Gasteiger charge is 2.11. The molecule has 0 N–H and O–H groups in total. The molecule has 0 radical (unpaired) electrons. The van der Waals surface area contributed by atoms with Crippen molar-refractivity contribution < 1.29 is 0 Å². The molecule has 2 aliphatic rings. The molecular formula is C21H38. The summed E-state index contributed by atoms with van der Waals surface area (Å²) in [5.74, 6) is 0. The van der Waals surface area contributed by atoms with Gasteiger partial charge in [0.2, 0.25) is 0 Å². The topological polar surface area (TPSA) is 0 Å². The van der Waals surface area contributed by atoms with Crippen molar-refractivity contribution in [3.63, 3.8) is 0 Å². The first-order valence-electron chi connectivity index (χ1n) is 10.2. The molecule has 0 aromatic rings. The van der Waals surface area contributed by atoms with Crippen LogP contribution in [0.5, 0.6) is 0 Å². The Kier molecular flexibility index (Phi) is 9.22. The average molecular weight is 291 g/mol. The van der Waals surface area contributed by atoms with Crippen LogP contribution in [0.2, 0.25) is 0 Å². The maximum absolute atomic E-state index is 1.91. The lowest BCUT2D eigenvalue weighted by atomic mass is 9.87. The van der Waals surface area contributed by atoms with Gasteiger partial charge in [-0.1, -0.05) is 81.8 Å². The minimum absolute atomic E-state index is 1.44. The molecule has 0 aliphatic heterocycles. The van der Waals surface area contributed by atoms with Gasteiger partial charge in [0, 0.05) is 0 Å². The van der Waals surface area contributed by atoms with Crippen LogP contribution < -0.4 is 0 Å². The first-order chi connectivity index (χ1) is 10.5. The molecular weight excluding hydrogens is 252 g/mol. The summed E-state index contributed by atoms with van der Waals surface area (Å²) in [6, 6.07) is 0. The van der Waals surface area contributed by atoms with Crippen molar-refractivity contribution >= 4 is 0 Å². The number of hydrogen-bond donors (Lipinski definition) is 0. The van der Waals surface area contributed by atoms with Crippen LogP contribution in [0.3, 0.4) is 0 Å². The fourth-order valence-electron chi connectivity index (χ4n) is 4.26. The van der Waals surface area contributed by atoms with E-state index < -0.39 is 0 Å². The molecule has 2 saturated carbocycles. The van der Waals surface area contributed by atoms with Gasteiger partial charge in [-0.25, -0.2) is 0 Å². The molecule has 2 aliphatic carbocycles. The maximum atomic E-state index is 1.91. The van der Waals surface area contributed by atoms with Crippen LogP contribution in [-0.4, -0.2) is 0 Å². The first kappa shape index (κ1) is 17.1. The molecule has 2 fully saturated rings. The molecule has 0 heterocycles. The molecule has 0 aromatic heterocycles. The minimum atomic E-state index is 1.44. The molecule has 0 nitrogen and oxygen atoms in total. The summed E-state index contributed by atoms with van der Waals surface area (Å²) in [4.78, 5) is 0. The summed E-state index contributed by atoms with van der Waals surface area (Å²) in [7, 11) is 0. The Morgan fingerprint density at radius 1 is 0.238 bits per heavy atom. The third-order valence-corrected chi connectivity index (χ3v) is 5.66. The molecule has 122 valence electrons. The summed E-state index contributed by atoms with van der Waals surface area (Å²) in [5.41, 5.74) is 3.80. The zero-order chi connectivity index (χ0) is 14.6. The van der Waals surface area contributed by atoms with E-state index in [1.807, 2.05) is 11.1 Å². The lowest BCUT2D eigenvalue weighted by molar-refractivity contribution is 0.548. The molecule has 0 heteroatoms. The highest BCUT2D eigenvalue weighted by Crippen LogP contribution is 2.31. The van der Waals surface area contributed by atoms with Gasteiger partial charge in [0.25, 0.3) is 0 Å². The van der Waals surface area contributed by atoms with Crippen LogP contribution in [0, 0.1) is 0 Å². The third kappa shape index (κ3) is 7.52. The van der Waals surface area contributed by atoms with Gasteiger partial charge in [-0.05, 0) is 51.4 Å². The van der Waals surface area contributed by atoms with Crippen molar-refractivity contribution in [1.82, 2.24) is 0 Å². The molecule has 0 spiro atoms. The summed E-state index contributed by atoms with van der Waals surface area (Å²) < 4.78 is 0. The Morgan fingerprint density at radius 2 is 0.429 bits per heavy atom. The van der Waals surface area contributed by atoms with Crippen LogP contribution in [0.4, 0.5) is 0 Å². The molecule has 21 heavy (non-hydrogen) atoms. The Balaban J connectivity index is 1.82. The van der Waals surface area contributed by atoms with E-state index in [9.17, 15) is 0 Å². The number of rotatable bonds is 0. The lowest BCUT2D eigenvalue weighted by Crippen LogP contribution is -2.00. The SMILES string of the molecule is C1CCCCCCCC(=C2CCCCC2)CCCCCC1. The van der Waals surface area contributed by atoms with Crippen LogP contribution in [-0.2, 0) is 0 Å². The predicted octanol–water partition coefficient (Wildman–Crippen LogP) is 7.72. The van der Waals surface area contributed by atoms with Crippen molar-refractivity contribution in [2.75, 3.05) is 0 Å². The van der Waals surface area contributed by atoms with E-state index in [1.165, 1.54) is 122 Å². The largest absolute Gasteiger partial charge is 0.0710 e. The normalized spacial score (nSPS) is 25.1. The van der Waals surface area contributed by atoms with Gasteiger partial charge in [0.1, 0.15) is 0 Å². The van der Waals surface area contributed by atoms with E-state index in [1.54, 1.807) is 0 Å². The molecule has 0 amide bonds. The second-order valence-electron chi connectivity index (χ2n) is 7.51. The van der Waals surface area contributed by atoms with Crippen molar-refractivity contribution in [3.8, 4) is 0 Å². The zero-order valence-corrected chi connectivity index (χ0v) is 14.4. The minimum Gasteiger partial charge on any atom is -0.0710 e. The summed E-state index contributed by atoms with van der Waals surface area (Å²) >= 11 is 0. The molecule has 0 saturated heterocycles. The molecule has 0 aromatic carbocycles. The van der Waals surface area contributed by atoms with Crippen molar-refractivity contribution in [1.29, 1.82) is 0 Å². The standard InChI is InChI=1S/C21H38/c1-2-4-6-8-10-13-17-20(16-12-9-7-5-3-1)21-18-14-11-15-19-21/h1-19H2. The Bertz CT molecular complexity index is 260. The number of allylic oxidation sites excluding steroid dienone is 2. The van der Waals surface area contributed by atoms with Gasteiger partial charge < -0.3 is 0 Å². The van der Waals surface area contributed by atoms with E-state index in [0.717, 1.165) is 0 Å². The Hall–Kier alpha value is -0.260. The van der Waals surface area contributed by atoms with Gasteiger partial charge in [0.05, 0.1) is 0 Å². The monoisotopic (exact) mass is 290 g/mol. The predicted molar refractivity (Wildman–Crippen MR) is 94.7 cm³/mol. The van der Waals surface area contributed by atoms with Gasteiger partial charge >= 0.3 is 0 Å². The van der Waals surface area contributed by atoms with E-state index in [0.29, 0.717) is 0 Å². The summed E-state index contributed by atoms with van der Waals surface area (Å²) in [5, 5.41) is 0. The molecule has 0 unspecified atom stereocenters. The van der Waals surface area contributed by atoms with Gasteiger partial charge in [-0.2, -0.15) is 0 Å². The van der Waals surface area contributed by atoms with Crippen molar-refractivity contribution in [2.24, 2.45) is 0 Å². The van der Waals surface area contributed by atoms with Gasteiger partial charge in [0.15, 0.2) is 0 Å². The quantitative estimate of drug-likeness (QED) is 0.400. The van der Waals surface area contributed by atoms with Crippen LogP contribution in [0.15, 0.2) is 11.1 Å². The van der Waals surface area contributed by atoms with Gasteiger partial charge in [-0.15, -0.1) is 0 Å². The Morgan fingerprint density at radius 3 is 0.714 bits per heavy atom. The molecule has 0 atom stereocenters. The maximum Gasteiger partial charge on any atom is -0.0318 e. The second kappa shape index (κ2) is 11.3. The fourth-order valence-corrected chi connectivity index (χ4v) is 4.26. The van der Waals surface area contributed by atoms with E-state index in [2.05, 4.69) is 0 Å². The van der Waals surface area contributed by atoms with Crippen LogP contribution in [0.25, 0.3) is 0 Å². The van der Waals surface area contributed by atoms with E-state index >= 15 is 0 Å². The summed E-state index contributed by atoms with van der Waals surface area (Å²) in [6.07, 6.45) is 28.0. The van der Waals surface area contributed by atoms with Crippen LogP contribution >= 0.6 is 0 Å². The molecule has 0 bridgehead atoms. The second-order valence-corrected chi connectivity index (χ2v) is 7.51. The lowest BCUT2D eigenvalue weighted by Gasteiger charge is -2.20. The van der Waals surface area contributed by atoms with Gasteiger partial charge in [-0.3, -0.25) is 0 Å². The summed E-state index contributed by atoms with van der Waals surface area (Å²) in [6.45, 7) is 0. The highest BCUT2D eigenvalue weighted by molar-refractivity contribution is 5.16. The van der Waals surface area contributed by atoms with Crippen molar-refractivity contribution in [2.45, 2.75) is 122 Å². The van der Waals surface area contributed by atoms with Crippen molar-refractivity contribution in [3.05, 3.63) is 11.1 Å². The first-order valence-corrected chi connectivity index (χ1v) is 10.2. The molecule has 2 rings (SSSR count). The van der Waals surface area contributed by atoms with E-state index in [-0.39, 0.29) is 0 Å². The number of hydrogen-bond acceptors (Lipinski definition) is 0. The Labute approximate surface area is 133 Å². The third-order valence-electron chi connectivity index (χ3n) is 5.66. The van der Waals surface area contributed by atoms with Crippen LogP contribution in [0.1, 0.15) is 122 Å².